The van der Waals surface area contributed by atoms with Gasteiger partial charge in [-0.2, -0.15) is 0 Å². The molecule has 0 aliphatic carbocycles. The van der Waals surface area contributed by atoms with Gasteiger partial charge in [-0.1, -0.05) is 12.1 Å². The van der Waals surface area contributed by atoms with Crippen molar-refractivity contribution in [2.75, 3.05) is 19.3 Å². The molecule has 7 heteroatoms. The topological polar surface area (TPSA) is 66.5 Å². The Morgan fingerprint density at radius 2 is 2.00 bits per heavy atom. The molecule has 1 fully saturated rings. The molecule has 122 valence electrons. The number of carbonyl (C=O) groups is 1. The van der Waals surface area contributed by atoms with Gasteiger partial charge in [0.05, 0.1) is 11.7 Å². The maximum Gasteiger partial charge on any atom is 0.227 e. The van der Waals surface area contributed by atoms with Crippen LogP contribution in [0.2, 0.25) is 0 Å². The molecule has 1 atom stereocenters. The van der Waals surface area contributed by atoms with Crippen molar-refractivity contribution >= 4 is 15.9 Å². The Balaban J connectivity index is 2.00. The Hall–Kier alpha value is -1.47. The van der Waals surface area contributed by atoms with Gasteiger partial charge in [-0.3, -0.25) is 4.79 Å². The number of hydrogen-bond donors (Lipinski definition) is 1. The van der Waals surface area contributed by atoms with Gasteiger partial charge in [0.1, 0.15) is 5.82 Å². The van der Waals surface area contributed by atoms with E-state index in [9.17, 15) is 17.6 Å². The average molecular weight is 328 g/mol. The van der Waals surface area contributed by atoms with Crippen molar-refractivity contribution in [3.8, 4) is 0 Å². The predicted molar refractivity (Wildman–Crippen MR) is 82.0 cm³/mol. The Bertz CT molecular complexity index is 645. The Morgan fingerprint density at radius 1 is 1.36 bits per heavy atom. The second kappa shape index (κ2) is 6.34. The van der Waals surface area contributed by atoms with Crippen molar-refractivity contribution < 1.29 is 17.6 Å². The minimum atomic E-state index is -3.29. The zero-order chi connectivity index (χ0) is 16.4. The summed E-state index contributed by atoms with van der Waals surface area (Å²) in [4.78, 5) is 12.4. The third-order valence-electron chi connectivity index (χ3n) is 4.04. The van der Waals surface area contributed by atoms with Crippen LogP contribution in [0, 0.1) is 11.2 Å². The molecule has 22 heavy (non-hydrogen) atoms. The van der Waals surface area contributed by atoms with Crippen LogP contribution in [0.1, 0.15) is 25.3 Å². The highest BCUT2D eigenvalue weighted by molar-refractivity contribution is 7.88. The Kier molecular flexibility index (Phi) is 4.87. The summed E-state index contributed by atoms with van der Waals surface area (Å²) in [5.41, 5.74) is 0.0654. The summed E-state index contributed by atoms with van der Waals surface area (Å²) >= 11 is 0. The van der Waals surface area contributed by atoms with E-state index in [4.69, 9.17) is 0 Å². The number of piperidine rings is 1. The maximum absolute atomic E-state index is 12.8. The molecular formula is C15H21FN2O3S. The van der Waals surface area contributed by atoms with E-state index in [1.165, 1.54) is 16.4 Å². The standard InChI is InChI=1S/C15H21FN2O3S/c1-15(8-3-9-18(11-15)22(2,20)21)14(19)17-10-12-4-6-13(16)7-5-12/h4-7H,3,8-11H2,1-2H3,(H,17,19). The van der Waals surface area contributed by atoms with Crippen LogP contribution in [0.4, 0.5) is 4.39 Å². The fraction of sp³-hybridized carbons (Fsp3) is 0.533. The summed E-state index contributed by atoms with van der Waals surface area (Å²) in [5, 5.41) is 2.82. The van der Waals surface area contributed by atoms with Gasteiger partial charge in [0.2, 0.25) is 15.9 Å². The molecule has 1 N–H and O–H groups in total. The summed E-state index contributed by atoms with van der Waals surface area (Å²) in [6.45, 7) is 2.73. The van der Waals surface area contributed by atoms with Gasteiger partial charge >= 0.3 is 0 Å². The molecule has 0 saturated carbocycles. The number of amides is 1. The molecule has 0 spiro atoms. The number of benzene rings is 1. The number of carbonyl (C=O) groups excluding carboxylic acids is 1. The van der Waals surface area contributed by atoms with Crippen LogP contribution >= 0.6 is 0 Å². The van der Waals surface area contributed by atoms with Gasteiger partial charge in [0.15, 0.2) is 0 Å². The molecule has 0 bridgehead atoms. The van der Waals surface area contributed by atoms with E-state index in [-0.39, 0.29) is 18.3 Å². The quantitative estimate of drug-likeness (QED) is 0.911. The lowest BCUT2D eigenvalue weighted by atomic mass is 9.82. The average Bonchev–Trinajstić information content (AvgIpc) is 2.45. The predicted octanol–water partition coefficient (Wildman–Crippen LogP) is 1.50. The van der Waals surface area contributed by atoms with Crippen LogP contribution in [-0.4, -0.2) is 38.0 Å². The van der Waals surface area contributed by atoms with E-state index in [2.05, 4.69) is 5.32 Å². The van der Waals surface area contributed by atoms with Crippen molar-refractivity contribution in [2.45, 2.75) is 26.3 Å². The fourth-order valence-electron chi connectivity index (χ4n) is 2.66. The lowest BCUT2D eigenvalue weighted by Gasteiger charge is -2.38. The third kappa shape index (κ3) is 4.04. The first kappa shape index (κ1) is 16.9. The first-order valence-electron chi connectivity index (χ1n) is 7.19. The van der Waals surface area contributed by atoms with E-state index in [1.54, 1.807) is 19.1 Å². The van der Waals surface area contributed by atoms with Gasteiger partial charge in [0, 0.05) is 19.6 Å². The zero-order valence-electron chi connectivity index (χ0n) is 12.8. The molecule has 5 nitrogen and oxygen atoms in total. The van der Waals surface area contributed by atoms with Gasteiger partial charge in [-0.05, 0) is 37.5 Å². The summed E-state index contributed by atoms with van der Waals surface area (Å²) in [6.07, 6.45) is 2.47. The number of hydrogen-bond acceptors (Lipinski definition) is 3. The van der Waals surface area contributed by atoms with Gasteiger partial charge in [0.25, 0.3) is 0 Å². The van der Waals surface area contributed by atoms with Crippen LogP contribution < -0.4 is 5.32 Å². The largest absolute Gasteiger partial charge is 0.352 e. The minimum absolute atomic E-state index is 0.176. The van der Waals surface area contributed by atoms with E-state index in [1.807, 2.05) is 0 Å². The molecule has 1 saturated heterocycles. The zero-order valence-corrected chi connectivity index (χ0v) is 13.6. The van der Waals surface area contributed by atoms with Crippen molar-refractivity contribution in [3.63, 3.8) is 0 Å². The highest BCUT2D eigenvalue weighted by Gasteiger charge is 2.40. The monoisotopic (exact) mass is 328 g/mol. The van der Waals surface area contributed by atoms with E-state index in [0.717, 1.165) is 11.8 Å². The van der Waals surface area contributed by atoms with Crippen LogP contribution in [-0.2, 0) is 21.4 Å². The fourth-order valence-corrected chi connectivity index (χ4v) is 3.64. The Morgan fingerprint density at radius 3 is 2.59 bits per heavy atom. The molecule has 1 unspecified atom stereocenters. The SMILES string of the molecule is CC1(C(=O)NCc2ccc(F)cc2)CCCN(S(C)(=O)=O)C1. The lowest BCUT2D eigenvalue weighted by Crippen LogP contribution is -2.51. The third-order valence-corrected chi connectivity index (χ3v) is 5.29. The molecule has 1 aliphatic heterocycles. The lowest BCUT2D eigenvalue weighted by molar-refractivity contribution is -0.132. The molecular weight excluding hydrogens is 307 g/mol. The number of rotatable bonds is 4. The van der Waals surface area contributed by atoms with Gasteiger partial charge in [-0.15, -0.1) is 0 Å². The van der Waals surface area contributed by atoms with E-state index >= 15 is 0 Å². The second-order valence-electron chi connectivity index (χ2n) is 6.07. The van der Waals surface area contributed by atoms with Gasteiger partial charge in [-0.25, -0.2) is 17.1 Å². The van der Waals surface area contributed by atoms with Crippen LogP contribution in [0.5, 0.6) is 0 Å². The summed E-state index contributed by atoms with van der Waals surface area (Å²) < 4.78 is 37.5. The smallest absolute Gasteiger partial charge is 0.227 e. The van der Waals surface area contributed by atoms with E-state index in [0.29, 0.717) is 25.9 Å². The highest BCUT2D eigenvalue weighted by atomic mass is 32.2. The molecule has 1 aliphatic rings. The first-order chi connectivity index (χ1) is 10.2. The van der Waals surface area contributed by atoms with Crippen molar-refractivity contribution in [2.24, 2.45) is 5.41 Å². The molecule has 0 aromatic heterocycles. The second-order valence-corrected chi connectivity index (χ2v) is 8.05. The van der Waals surface area contributed by atoms with Crippen molar-refractivity contribution in [3.05, 3.63) is 35.6 Å². The molecule has 2 rings (SSSR count). The number of nitrogens with one attached hydrogen (secondary N) is 1. The highest BCUT2D eigenvalue weighted by Crippen LogP contribution is 2.30. The molecule has 0 radical (unpaired) electrons. The minimum Gasteiger partial charge on any atom is -0.352 e. The van der Waals surface area contributed by atoms with Crippen molar-refractivity contribution in [1.29, 1.82) is 0 Å². The van der Waals surface area contributed by atoms with Crippen LogP contribution in [0.15, 0.2) is 24.3 Å². The summed E-state index contributed by atoms with van der Waals surface area (Å²) in [7, 11) is -3.29. The molecule has 1 aromatic carbocycles. The van der Waals surface area contributed by atoms with E-state index < -0.39 is 15.4 Å². The van der Waals surface area contributed by atoms with Gasteiger partial charge < -0.3 is 5.32 Å². The molecule has 1 aromatic rings. The molecule has 1 heterocycles. The normalized spacial score (nSPS) is 23.2. The Labute approximate surface area is 130 Å². The van der Waals surface area contributed by atoms with Crippen LogP contribution in [0.25, 0.3) is 0 Å². The number of nitrogens with zero attached hydrogens (tertiary/aromatic N) is 1. The maximum atomic E-state index is 12.8. The van der Waals surface area contributed by atoms with Crippen LogP contribution in [0.3, 0.4) is 0 Å². The molecule has 1 amide bonds. The number of halogens is 1. The first-order valence-corrected chi connectivity index (χ1v) is 9.03. The number of sulfonamides is 1. The van der Waals surface area contributed by atoms with Crippen molar-refractivity contribution in [1.82, 2.24) is 9.62 Å². The summed E-state index contributed by atoms with van der Waals surface area (Å²) in [6, 6.07) is 5.91. The summed E-state index contributed by atoms with van der Waals surface area (Å²) in [5.74, 6) is -0.497.